The summed E-state index contributed by atoms with van der Waals surface area (Å²) in [6.07, 6.45) is 0.388. The number of rotatable bonds is 5. The zero-order valence-electron chi connectivity index (χ0n) is 11.8. The van der Waals surface area contributed by atoms with Crippen molar-refractivity contribution in [3.8, 4) is 0 Å². The van der Waals surface area contributed by atoms with Crippen molar-refractivity contribution in [2.24, 2.45) is 11.3 Å². The monoisotopic (exact) mass is 248 g/mol. The topological polar surface area (TPSA) is 55.1 Å². The Bertz CT molecular complexity index is 411. The number of benzene rings is 1. The van der Waals surface area contributed by atoms with Gasteiger partial charge in [0.05, 0.1) is 6.42 Å². The molecule has 1 rings (SSSR count). The Morgan fingerprint density at radius 2 is 2.06 bits per heavy atom. The maximum absolute atomic E-state index is 11.8. The molecule has 0 aliphatic carbocycles. The van der Waals surface area contributed by atoms with Gasteiger partial charge in [0.25, 0.3) is 0 Å². The van der Waals surface area contributed by atoms with Gasteiger partial charge in [0.1, 0.15) is 0 Å². The van der Waals surface area contributed by atoms with Gasteiger partial charge in [-0.1, -0.05) is 39.8 Å². The molecule has 0 heterocycles. The van der Waals surface area contributed by atoms with E-state index in [1.54, 1.807) is 0 Å². The van der Waals surface area contributed by atoms with E-state index in [0.29, 0.717) is 24.6 Å². The minimum absolute atomic E-state index is 0.0503. The van der Waals surface area contributed by atoms with E-state index in [1.807, 2.05) is 24.3 Å². The largest absolute Gasteiger partial charge is 0.399 e. The third-order valence-corrected chi connectivity index (χ3v) is 3.62. The summed E-state index contributed by atoms with van der Waals surface area (Å²) in [6.45, 7) is 9.37. The summed E-state index contributed by atoms with van der Waals surface area (Å²) in [6, 6.07) is 7.45. The molecule has 0 unspecified atom stereocenters. The molecule has 1 aromatic carbocycles. The lowest BCUT2D eigenvalue weighted by Crippen LogP contribution is -2.37. The van der Waals surface area contributed by atoms with Gasteiger partial charge < -0.3 is 11.1 Å². The summed E-state index contributed by atoms with van der Waals surface area (Å²) in [5.74, 6) is 0.583. The molecular formula is C15H24N2O. The molecule has 0 aliphatic rings. The third kappa shape index (κ3) is 4.40. The van der Waals surface area contributed by atoms with Crippen LogP contribution in [-0.4, -0.2) is 12.5 Å². The van der Waals surface area contributed by atoms with E-state index in [-0.39, 0.29) is 11.3 Å². The van der Waals surface area contributed by atoms with Crippen molar-refractivity contribution >= 4 is 11.6 Å². The minimum Gasteiger partial charge on any atom is -0.399 e. The van der Waals surface area contributed by atoms with E-state index in [2.05, 4.69) is 33.0 Å². The van der Waals surface area contributed by atoms with Crippen LogP contribution in [-0.2, 0) is 11.2 Å². The van der Waals surface area contributed by atoms with E-state index >= 15 is 0 Å². The molecule has 0 fully saturated rings. The van der Waals surface area contributed by atoms with Crippen LogP contribution in [0, 0.1) is 11.3 Å². The molecular weight excluding hydrogens is 224 g/mol. The minimum atomic E-state index is 0.0503. The van der Waals surface area contributed by atoms with Crippen LogP contribution in [0.1, 0.15) is 33.3 Å². The van der Waals surface area contributed by atoms with Gasteiger partial charge in [-0.25, -0.2) is 0 Å². The van der Waals surface area contributed by atoms with E-state index < -0.39 is 0 Å². The van der Waals surface area contributed by atoms with Crippen molar-refractivity contribution < 1.29 is 4.79 Å². The van der Waals surface area contributed by atoms with Gasteiger partial charge in [0, 0.05) is 12.2 Å². The Morgan fingerprint density at radius 1 is 1.39 bits per heavy atom. The highest BCUT2D eigenvalue weighted by atomic mass is 16.1. The molecule has 0 aromatic heterocycles. The van der Waals surface area contributed by atoms with E-state index in [4.69, 9.17) is 5.73 Å². The molecule has 0 saturated carbocycles. The summed E-state index contributed by atoms with van der Waals surface area (Å²) in [5, 5.41) is 2.99. The molecule has 3 heteroatoms. The molecule has 1 amide bonds. The quantitative estimate of drug-likeness (QED) is 0.787. The number of nitrogen functional groups attached to an aromatic ring is 1. The lowest BCUT2D eigenvalue weighted by atomic mass is 9.81. The maximum atomic E-state index is 11.8. The van der Waals surface area contributed by atoms with Crippen molar-refractivity contribution in [2.45, 2.75) is 34.1 Å². The van der Waals surface area contributed by atoms with E-state index in [1.165, 1.54) is 0 Å². The highest BCUT2D eigenvalue weighted by Gasteiger charge is 2.22. The number of nitrogens with two attached hydrogens (primary N) is 1. The van der Waals surface area contributed by atoms with Crippen molar-refractivity contribution in [3.63, 3.8) is 0 Å². The first-order valence-electron chi connectivity index (χ1n) is 6.42. The lowest BCUT2D eigenvalue weighted by Gasteiger charge is -2.29. The molecule has 3 nitrogen and oxygen atoms in total. The summed E-state index contributed by atoms with van der Waals surface area (Å²) in [5.41, 5.74) is 7.45. The maximum Gasteiger partial charge on any atom is 0.224 e. The number of hydrogen-bond acceptors (Lipinski definition) is 2. The zero-order valence-corrected chi connectivity index (χ0v) is 11.8. The molecule has 1 aromatic rings. The number of carbonyl (C=O) groups excluding carboxylic acids is 1. The second kappa shape index (κ2) is 5.89. The van der Waals surface area contributed by atoms with Crippen LogP contribution in [0.4, 0.5) is 5.69 Å². The number of hydrogen-bond donors (Lipinski definition) is 2. The predicted octanol–water partition coefficient (Wildman–Crippen LogP) is 2.61. The van der Waals surface area contributed by atoms with Crippen LogP contribution in [0.25, 0.3) is 0 Å². The van der Waals surface area contributed by atoms with Gasteiger partial charge in [-0.05, 0) is 29.0 Å². The molecule has 0 aliphatic heterocycles. The number of amides is 1. The molecule has 3 N–H and O–H groups in total. The summed E-state index contributed by atoms with van der Waals surface area (Å²) >= 11 is 0. The highest BCUT2D eigenvalue weighted by molar-refractivity contribution is 5.78. The molecule has 0 saturated heterocycles. The average Bonchev–Trinajstić information content (AvgIpc) is 2.26. The fourth-order valence-corrected chi connectivity index (χ4v) is 1.48. The van der Waals surface area contributed by atoms with Crippen LogP contribution in [0.3, 0.4) is 0 Å². The Kier molecular flexibility index (Phi) is 4.76. The SMILES string of the molecule is CC(C)C(C)(C)CNC(=O)Cc1cccc(N)c1. The van der Waals surface area contributed by atoms with Crippen LogP contribution < -0.4 is 11.1 Å². The fourth-order valence-electron chi connectivity index (χ4n) is 1.48. The second-order valence-electron chi connectivity index (χ2n) is 5.84. The standard InChI is InChI=1S/C15H24N2O/c1-11(2)15(3,4)10-17-14(18)9-12-6-5-7-13(16)8-12/h5-8,11H,9-10,16H2,1-4H3,(H,17,18). The first kappa shape index (κ1) is 14.6. The Hall–Kier alpha value is -1.51. The number of anilines is 1. The molecule has 0 atom stereocenters. The van der Waals surface area contributed by atoms with Crippen molar-refractivity contribution in [2.75, 3.05) is 12.3 Å². The molecule has 0 spiro atoms. The highest BCUT2D eigenvalue weighted by Crippen LogP contribution is 2.24. The van der Waals surface area contributed by atoms with Crippen LogP contribution >= 0.6 is 0 Å². The summed E-state index contributed by atoms with van der Waals surface area (Å²) < 4.78 is 0. The first-order valence-corrected chi connectivity index (χ1v) is 6.42. The Balaban J connectivity index is 2.48. The third-order valence-electron chi connectivity index (χ3n) is 3.62. The van der Waals surface area contributed by atoms with Crippen LogP contribution in [0.2, 0.25) is 0 Å². The first-order chi connectivity index (χ1) is 8.31. The van der Waals surface area contributed by atoms with Gasteiger partial charge in [-0.15, -0.1) is 0 Å². The van der Waals surface area contributed by atoms with Gasteiger partial charge >= 0.3 is 0 Å². The van der Waals surface area contributed by atoms with Gasteiger partial charge in [0.2, 0.25) is 5.91 Å². The number of nitrogens with one attached hydrogen (secondary N) is 1. The summed E-state index contributed by atoms with van der Waals surface area (Å²) in [4.78, 5) is 11.8. The normalized spacial score (nSPS) is 11.6. The molecule has 0 bridgehead atoms. The predicted molar refractivity (Wildman–Crippen MR) is 76.2 cm³/mol. The van der Waals surface area contributed by atoms with Gasteiger partial charge in [-0.3, -0.25) is 4.79 Å². The second-order valence-corrected chi connectivity index (χ2v) is 5.84. The smallest absolute Gasteiger partial charge is 0.224 e. The summed E-state index contributed by atoms with van der Waals surface area (Å²) in [7, 11) is 0. The van der Waals surface area contributed by atoms with Gasteiger partial charge in [-0.2, -0.15) is 0 Å². The van der Waals surface area contributed by atoms with Gasteiger partial charge in [0.15, 0.2) is 0 Å². The van der Waals surface area contributed by atoms with E-state index in [0.717, 1.165) is 5.56 Å². The van der Waals surface area contributed by atoms with Crippen LogP contribution in [0.15, 0.2) is 24.3 Å². The van der Waals surface area contributed by atoms with E-state index in [9.17, 15) is 4.79 Å². The molecule has 18 heavy (non-hydrogen) atoms. The molecule has 100 valence electrons. The van der Waals surface area contributed by atoms with Crippen molar-refractivity contribution in [1.82, 2.24) is 5.32 Å². The zero-order chi connectivity index (χ0) is 13.8. The average molecular weight is 248 g/mol. The lowest BCUT2D eigenvalue weighted by molar-refractivity contribution is -0.121. The number of carbonyl (C=O) groups is 1. The molecule has 0 radical (unpaired) electrons. The van der Waals surface area contributed by atoms with Crippen LogP contribution in [0.5, 0.6) is 0 Å². The fraction of sp³-hybridized carbons (Fsp3) is 0.533. The van der Waals surface area contributed by atoms with Crippen molar-refractivity contribution in [3.05, 3.63) is 29.8 Å². The Labute approximate surface area is 110 Å². The Morgan fingerprint density at radius 3 is 2.61 bits per heavy atom. The van der Waals surface area contributed by atoms with Crippen molar-refractivity contribution in [1.29, 1.82) is 0 Å².